The molecule has 6 nitrogen and oxygen atoms in total. The van der Waals surface area contributed by atoms with E-state index < -0.39 is 10.0 Å². The zero-order valence-electron chi connectivity index (χ0n) is 14.3. The molecule has 0 atom stereocenters. The number of pyridine rings is 1. The van der Waals surface area contributed by atoms with E-state index in [9.17, 15) is 8.42 Å². The number of methoxy groups -OCH3 is 2. The Morgan fingerprint density at radius 3 is 2.58 bits per heavy atom. The van der Waals surface area contributed by atoms with Gasteiger partial charge < -0.3 is 9.47 Å². The Balaban J connectivity index is 1.78. The normalized spacial score (nSPS) is 11.3. The maximum atomic E-state index is 12.6. The Morgan fingerprint density at radius 2 is 1.88 bits per heavy atom. The van der Waals surface area contributed by atoms with E-state index in [-0.39, 0.29) is 11.4 Å². The summed E-state index contributed by atoms with van der Waals surface area (Å²) >= 11 is 1.61. The number of nitrogens with zero attached hydrogens (tertiary/aromatic N) is 1. The molecule has 3 rings (SSSR count). The summed E-state index contributed by atoms with van der Waals surface area (Å²) in [6, 6.07) is 10.4. The third kappa shape index (κ3) is 4.04. The van der Waals surface area contributed by atoms with E-state index in [0.29, 0.717) is 11.5 Å². The molecule has 0 aliphatic carbocycles. The Morgan fingerprint density at radius 1 is 1.08 bits per heavy atom. The quantitative estimate of drug-likeness (QED) is 0.670. The molecule has 0 radical (unpaired) electrons. The van der Waals surface area contributed by atoms with Gasteiger partial charge in [0, 0.05) is 35.4 Å². The van der Waals surface area contributed by atoms with E-state index in [2.05, 4.69) is 9.71 Å². The molecule has 0 saturated carbocycles. The molecule has 2 aromatic heterocycles. The second kappa shape index (κ2) is 7.86. The van der Waals surface area contributed by atoms with E-state index in [1.165, 1.54) is 26.4 Å². The molecule has 1 aromatic carbocycles. The lowest BCUT2D eigenvalue weighted by Gasteiger charge is -2.11. The lowest BCUT2D eigenvalue weighted by Crippen LogP contribution is -2.23. The molecule has 0 saturated heterocycles. The van der Waals surface area contributed by atoms with E-state index in [1.807, 2.05) is 23.6 Å². The van der Waals surface area contributed by atoms with E-state index in [4.69, 9.17) is 9.47 Å². The fourth-order valence-electron chi connectivity index (χ4n) is 2.41. The maximum Gasteiger partial charge on any atom is 0.241 e. The highest BCUT2D eigenvalue weighted by Crippen LogP contribution is 2.29. The van der Waals surface area contributed by atoms with Gasteiger partial charge in [-0.05, 0) is 35.2 Å². The zero-order chi connectivity index (χ0) is 18.6. The summed E-state index contributed by atoms with van der Waals surface area (Å²) in [6.07, 6.45) is 3.41. The van der Waals surface area contributed by atoms with Crippen LogP contribution in [-0.4, -0.2) is 27.6 Å². The standard InChI is InChI=1S/C18H18N2O4S2/c1-23-16-6-5-15(9-17(16)24-2)26(21,22)20-11-13-8-14(12-19-10-13)18-4-3-7-25-18/h3-10,12,20H,11H2,1-2H3. The van der Waals surface area contributed by atoms with Crippen LogP contribution in [0.5, 0.6) is 11.5 Å². The van der Waals surface area contributed by atoms with Gasteiger partial charge in [-0.25, -0.2) is 13.1 Å². The molecule has 2 heterocycles. The topological polar surface area (TPSA) is 77.5 Å². The number of aromatic nitrogens is 1. The van der Waals surface area contributed by atoms with Crippen LogP contribution < -0.4 is 14.2 Å². The highest BCUT2D eigenvalue weighted by atomic mass is 32.2. The van der Waals surface area contributed by atoms with E-state index >= 15 is 0 Å². The summed E-state index contributed by atoms with van der Waals surface area (Å²) in [5.74, 6) is 0.830. The molecule has 0 aliphatic heterocycles. The first-order valence-electron chi connectivity index (χ1n) is 7.73. The van der Waals surface area contributed by atoms with Crippen LogP contribution in [0.2, 0.25) is 0 Å². The van der Waals surface area contributed by atoms with Crippen molar-refractivity contribution in [2.24, 2.45) is 0 Å². The average Bonchev–Trinajstić information content (AvgIpc) is 3.21. The fraction of sp³-hybridized carbons (Fsp3) is 0.167. The minimum absolute atomic E-state index is 0.109. The summed E-state index contributed by atoms with van der Waals surface area (Å²) in [6.45, 7) is 0.142. The number of benzene rings is 1. The summed E-state index contributed by atoms with van der Waals surface area (Å²) in [5.41, 5.74) is 1.74. The van der Waals surface area contributed by atoms with E-state index in [0.717, 1.165) is 16.0 Å². The van der Waals surface area contributed by atoms with Gasteiger partial charge in [0.2, 0.25) is 10.0 Å². The van der Waals surface area contributed by atoms with Crippen LogP contribution in [-0.2, 0) is 16.6 Å². The molecule has 26 heavy (non-hydrogen) atoms. The van der Waals surface area contributed by atoms with Crippen molar-refractivity contribution in [2.75, 3.05) is 14.2 Å². The first kappa shape index (κ1) is 18.4. The van der Waals surface area contributed by atoms with Crippen molar-refractivity contribution >= 4 is 21.4 Å². The Labute approximate surface area is 156 Å². The molecular weight excluding hydrogens is 372 g/mol. The highest BCUT2D eigenvalue weighted by Gasteiger charge is 2.17. The van der Waals surface area contributed by atoms with Crippen molar-refractivity contribution in [3.63, 3.8) is 0 Å². The van der Waals surface area contributed by atoms with Crippen LogP contribution >= 0.6 is 11.3 Å². The van der Waals surface area contributed by atoms with Gasteiger partial charge in [0.15, 0.2) is 11.5 Å². The minimum atomic E-state index is -3.69. The molecular formula is C18H18N2O4S2. The largest absolute Gasteiger partial charge is 0.493 e. The molecule has 0 aliphatic rings. The van der Waals surface area contributed by atoms with Gasteiger partial charge in [0.1, 0.15) is 0 Å². The lowest BCUT2D eigenvalue weighted by molar-refractivity contribution is 0.354. The number of sulfonamides is 1. The molecule has 136 valence electrons. The van der Waals surface area contributed by atoms with Gasteiger partial charge in [0.05, 0.1) is 19.1 Å². The highest BCUT2D eigenvalue weighted by molar-refractivity contribution is 7.89. The van der Waals surface area contributed by atoms with Crippen molar-refractivity contribution < 1.29 is 17.9 Å². The first-order valence-corrected chi connectivity index (χ1v) is 10.1. The lowest BCUT2D eigenvalue weighted by atomic mass is 10.2. The number of hydrogen-bond acceptors (Lipinski definition) is 6. The number of ether oxygens (including phenoxy) is 2. The third-order valence-corrected chi connectivity index (χ3v) is 6.05. The predicted octanol–water partition coefficient (Wildman–Crippen LogP) is 3.31. The van der Waals surface area contributed by atoms with Crippen LogP contribution in [0, 0.1) is 0 Å². The van der Waals surface area contributed by atoms with Gasteiger partial charge in [-0.15, -0.1) is 11.3 Å². The van der Waals surface area contributed by atoms with Crippen LogP contribution in [0.25, 0.3) is 10.4 Å². The Hall–Kier alpha value is -2.42. The van der Waals surface area contributed by atoms with Crippen LogP contribution in [0.3, 0.4) is 0 Å². The number of thiophene rings is 1. The summed E-state index contributed by atoms with van der Waals surface area (Å²) in [5, 5.41) is 1.99. The van der Waals surface area contributed by atoms with Crippen molar-refractivity contribution in [2.45, 2.75) is 11.4 Å². The van der Waals surface area contributed by atoms with Crippen LogP contribution in [0.4, 0.5) is 0 Å². The van der Waals surface area contributed by atoms with Gasteiger partial charge in [-0.1, -0.05) is 6.07 Å². The van der Waals surface area contributed by atoms with Crippen LogP contribution in [0.1, 0.15) is 5.56 Å². The Bertz CT molecular complexity index is 986. The summed E-state index contributed by atoms with van der Waals surface area (Å²) in [4.78, 5) is 5.39. The monoisotopic (exact) mass is 390 g/mol. The molecule has 1 N–H and O–H groups in total. The van der Waals surface area contributed by atoms with Crippen molar-refractivity contribution in [1.29, 1.82) is 0 Å². The second-order valence-corrected chi connectivity index (χ2v) is 8.12. The molecule has 0 unspecified atom stereocenters. The predicted molar refractivity (Wildman–Crippen MR) is 101 cm³/mol. The average molecular weight is 390 g/mol. The summed E-state index contributed by atoms with van der Waals surface area (Å²) < 4.78 is 38.0. The SMILES string of the molecule is COc1ccc(S(=O)(=O)NCc2cncc(-c3cccs3)c2)cc1OC. The molecule has 0 spiro atoms. The fourth-order valence-corrected chi connectivity index (χ4v) is 4.15. The second-order valence-electron chi connectivity index (χ2n) is 5.40. The van der Waals surface area contributed by atoms with Crippen LogP contribution in [0.15, 0.2) is 59.1 Å². The third-order valence-electron chi connectivity index (χ3n) is 3.73. The molecule has 0 amide bonds. The Kier molecular flexibility index (Phi) is 5.55. The number of rotatable bonds is 7. The first-order chi connectivity index (χ1) is 12.5. The molecule has 0 fully saturated rings. The molecule has 3 aromatic rings. The number of hydrogen-bond donors (Lipinski definition) is 1. The van der Waals surface area contributed by atoms with Gasteiger partial charge in [-0.3, -0.25) is 4.98 Å². The van der Waals surface area contributed by atoms with Crippen molar-refractivity contribution in [3.05, 3.63) is 59.7 Å². The summed E-state index contributed by atoms with van der Waals surface area (Å²) in [7, 11) is -0.734. The molecule has 0 bridgehead atoms. The zero-order valence-corrected chi connectivity index (χ0v) is 15.9. The number of nitrogens with one attached hydrogen (secondary N) is 1. The minimum Gasteiger partial charge on any atom is -0.493 e. The van der Waals surface area contributed by atoms with Gasteiger partial charge in [-0.2, -0.15) is 0 Å². The maximum absolute atomic E-state index is 12.6. The molecule has 8 heteroatoms. The van der Waals surface area contributed by atoms with Gasteiger partial charge in [0.25, 0.3) is 0 Å². The van der Waals surface area contributed by atoms with Gasteiger partial charge >= 0.3 is 0 Å². The van der Waals surface area contributed by atoms with E-state index in [1.54, 1.807) is 29.8 Å². The van der Waals surface area contributed by atoms with Crippen molar-refractivity contribution in [3.8, 4) is 21.9 Å². The smallest absolute Gasteiger partial charge is 0.241 e. The van der Waals surface area contributed by atoms with Crippen molar-refractivity contribution in [1.82, 2.24) is 9.71 Å².